The Bertz CT molecular complexity index is 1050. The second kappa shape index (κ2) is 8.46. The van der Waals surface area contributed by atoms with Crippen LogP contribution in [0.2, 0.25) is 5.02 Å². The van der Waals surface area contributed by atoms with Crippen molar-refractivity contribution in [3.8, 4) is 11.8 Å². The molecule has 1 atom stereocenters. The normalized spacial score (nSPS) is 17.1. The molecule has 0 fully saturated rings. The molecule has 0 saturated heterocycles. The highest BCUT2D eigenvalue weighted by molar-refractivity contribution is 7.94. The minimum atomic E-state index is -3.31. The summed E-state index contributed by atoms with van der Waals surface area (Å²) in [6.07, 6.45) is 1.52. The molecule has 1 heterocycles. The number of carbonyl (C=O) groups excluding carboxylic acids is 1. The molecular formula is C20H17ClN2O4S. The number of hydrogen-bond donors (Lipinski definition) is 0. The summed E-state index contributed by atoms with van der Waals surface area (Å²) < 4.78 is 29.1. The molecule has 1 aliphatic rings. The second-order valence-corrected chi connectivity index (χ2v) is 8.62. The molecule has 0 unspecified atom stereocenters. The molecule has 0 aromatic heterocycles. The Labute approximate surface area is 168 Å². The molecule has 0 aliphatic carbocycles. The molecule has 28 heavy (non-hydrogen) atoms. The van der Waals surface area contributed by atoms with Crippen LogP contribution in [0.3, 0.4) is 0 Å². The Morgan fingerprint density at radius 1 is 1.25 bits per heavy atom. The van der Waals surface area contributed by atoms with Gasteiger partial charge in [-0.2, -0.15) is 5.26 Å². The zero-order valence-corrected chi connectivity index (χ0v) is 16.4. The second-order valence-electron chi connectivity index (χ2n) is 6.28. The van der Waals surface area contributed by atoms with Crippen LogP contribution >= 0.6 is 11.6 Å². The standard InChI is InChI=1S/C20H17ClN2O4S/c21-18-10-16(11-22)6-7-19(18)27-13-20(24)23(12-15-4-2-1-3-5-15)17-8-9-28(25,26)14-17/h1-10,17H,12-14H2/t17-/m1/s1. The van der Waals surface area contributed by atoms with Crippen LogP contribution in [0.4, 0.5) is 0 Å². The van der Waals surface area contributed by atoms with Crippen LogP contribution in [0.1, 0.15) is 11.1 Å². The predicted octanol–water partition coefficient (Wildman–Crippen LogP) is 2.93. The van der Waals surface area contributed by atoms with Crippen molar-refractivity contribution >= 4 is 27.3 Å². The molecule has 0 N–H and O–H groups in total. The zero-order chi connectivity index (χ0) is 20.1. The highest BCUT2D eigenvalue weighted by Gasteiger charge is 2.30. The van der Waals surface area contributed by atoms with E-state index in [9.17, 15) is 13.2 Å². The van der Waals surface area contributed by atoms with Crippen LogP contribution in [-0.4, -0.2) is 37.6 Å². The van der Waals surface area contributed by atoms with Crippen molar-refractivity contribution in [2.24, 2.45) is 0 Å². The van der Waals surface area contributed by atoms with E-state index in [2.05, 4.69) is 0 Å². The van der Waals surface area contributed by atoms with Crippen molar-refractivity contribution in [1.82, 2.24) is 4.90 Å². The number of nitriles is 1. The van der Waals surface area contributed by atoms with E-state index in [0.717, 1.165) is 11.0 Å². The largest absolute Gasteiger partial charge is 0.482 e. The quantitative estimate of drug-likeness (QED) is 0.722. The van der Waals surface area contributed by atoms with E-state index in [4.69, 9.17) is 21.6 Å². The fraction of sp³-hybridized carbons (Fsp3) is 0.200. The molecule has 0 spiro atoms. The first kappa shape index (κ1) is 19.9. The number of amides is 1. The van der Waals surface area contributed by atoms with Crippen LogP contribution in [0.5, 0.6) is 5.75 Å². The van der Waals surface area contributed by atoms with Gasteiger partial charge in [0.05, 0.1) is 28.5 Å². The number of benzene rings is 2. The van der Waals surface area contributed by atoms with E-state index in [1.807, 2.05) is 36.4 Å². The van der Waals surface area contributed by atoms with Crippen LogP contribution in [0.25, 0.3) is 0 Å². The van der Waals surface area contributed by atoms with Crippen LogP contribution in [0, 0.1) is 11.3 Å². The van der Waals surface area contributed by atoms with Gasteiger partial charge in [0.2, 0.25) is 0 Å². The molecule has 0 radical (unpaired) electrons. The van der Waals surface area contributed by atoms with E-state index >= 15 is 0 Å². The number of ether oxygens (including phenoxy) is 1. The Kier molecular flexibility index (Phi) is 6.02. The number of sulfone groups is 1. The number of hydrogen-bond acceptors (Lipinski definition) is 5. The smallest absolute Gasteiger partial charge is 0.261 e. The summed E-state index contributed by atoms with van der Waals surface area (Å²) >= 11 is 6.07. The number of carbonyl (C=O) groups is 1. The van der Waals surface area contributed by atoms with Gasteiger partial charge in [-0.3, -0.25) is 4.79 Å². The van der Waals surface area contributed by atoms with E-state index in [0.29, 0.717) is 5.56 Å². The minimum Gasteiger partial charge on any atom is -0.482 e. The summed E-state index contributed by atoms with van der Waals surface area (Å²) in [7, 11) is -3.31. The number of rotatable bonds is 6. The van der Waals surface area contributed by atoms with Crippen molar-refractivity contribution in [3.63, 3.8) is 0 Å². The molecule has 8 heteroatoms. The first-order valence-electron chi connectivity index (χ1n) is 8.45. The maximum absolute atomic E-state index is 12.8. The topological polar surface area (TPSA) is 87.5 Å². The maximum Gasteiger partial charge on any atom is 0.261 e. The molecule has 3 rings (SSSR count). The Morgan fingerprint density at radius 3 is 2.61 bits per heavy atom. The molecule has 0 bridgehead atoms. The van der Waals surface area contributed by atoms with E-state index in [-0.39, 0.29) is 35.6 Å². The molecule has 2 aromatic carbocycles. The van der Waals surface area contributed by atoms with Crippen molar-refractivity contribution in [2.75, 3.05) is 12.4 Å². The summed E-state index contributed by atoms with van der Waals surface area (Å²) in [6.45, 7) is -0.0441. The maximum atomic E-state index is 12.8. The van der Waals surface area contributed by atoms with Crippen molar-refractivity contribution in [3.05, 3.63) is 76.2 Å². The molecule has 6 nitrogen and oxygen atoms in total. The van der Waals surface area contributed by atoms with E-state index in [1.165, 1.54) is 23.1 Å². The number of nitrogens with zero attached hydrogens (tertiary/aromatic N) is 2. The Hall–Kier alpha value is -2.82. The SMILES string of the molecule is N#Cc1ccc(OCC(=O)N(Cc2ccccc2)[C@@H]2C=CS(=O)(=O)C2)c(Cl)c1. The third-order valence-corrected chi connectivity index (χ3v) is 5.91. The first-order valence-corrected chi connectivity index (χ1v) is 10.5. The van der Waals surface area contributed by atoms with Gasteiger partial charge in [0, 0.05) is 12.0 Å². The molecule has 2 aromatic rings. The average Bonchev–Trinajstić information content (AvgIpc) is 3.05. The monoisotopic (exact) mass is 416 g/mol. The highest BCUT2D eigenvalue weighted by atomic mass is 35.5. The molecule has 144 valence electrons. The van der Waals surface area contributed by atoms with Crippen LogP contribution < -0.4 is 4.74 Å². The molecule has 1 amide bonds. The van der Waals surface area contributed by atoms with Gasteiger partial charge in [0.25, 0.3) is 5.91 Å². The predicted molar refractivity (Wildman–Crippen MR) is 105 cm³/mol. The van der Waals surface area contributed by atoms with Crippen molar-refractivity contribution < 1.29 is 17.9 Å². The third-order valence-electron chi connectivity index (χ3n) is 4.24. The van der Waals surface area contributed by atoms with Crippen LogP contribution in [-0.2, 0) is 21.2 Å². The Balaban J connectivity index is 1.75. The van der Waals surface area contributed by atoms with Crippen molar-refractivity contribution in [2.45, 2.75) is 12.6 Å². The Morgan fingerprint density at radius 2 is 2.00 bits per heavy atom. The van der Waals surface area contributed by atoms with Gasteiger partial charge in [-0.1, -0.05) is 41.9 Å². The molecule has 0 saturated carbocycles. The summed E-state index contributed by atoms with van der Waals surface area (Å²) in [5, 5.41) is 10.2. The summed E-state index contributed by atoms with van der Waals surface area (Å²) in [6, 6.07) is 15.2. The van der Waals surface area contributed by atoms with Gasteiger partial charge in [-0.05, 0) is 29.8 Å². The lowest BCUT2D eigenvalue weighted by Gasteiger charge is -2.27. The zero-order valence-electron chi connectivity index (χ0n) is 14.8. The van der Waals surface area contributed by atoms with E-state index in [1.54, 1.807) is 6.07 Å². The summed E-state index contributed by atoms with van der Waals surface area (Å²) in [4.78, 5) is 14.3. The van der Waals surface area contributed by atoms with Crippen molar-refractivity contribution in [1.29, 1.82) is 5.26 Å². The fourth-order valence-corrected chi connectivity index (χ4v) is 4.37. The van der Waals surface area contributed by atoms with Gasteiger partial charge in [0.15, 0.2) is 16.4 Å². The van der Waals surface area contributed by atoms with Gasteiger partial charge in [-0.15, -0.1) is 0 Å². The summed E-state index contributed by atoms with van der Waals surface area (Å²) in [5.41, 5.74) is 1.26. The molecular weight excluding hydrogens is 400 g/mol. The lowest BCUT2D eigenvalue weighted by molar-refractivity contribution is -0.135. The van der Waals surface area contributed by atoms with Crippen LogP contribution in [0.15, 0.2) is 60.0 Å². The highest BCUT2D eigenvalue weighted by Crippen LogP contribution is 2.25. The molecule has 1 aliphatic heterocycles. The van der Waals surface area contributed by atoms with Gasteiger partial charge in [0.1, 0.15) is 5.75 Å². The third kappa shape index (κ3) is 4.91. The van der Waals surface area contributed by atoms with Gasteiger partial charge < -0.3 is 9.64 Å². The van der Waals surface area contributed by atoms with Gasteiger partial charge >= 0.3 is 0 Å². The minimum absolute atomic E-state index is 0.150. The fourth-order valence-electron chi connectivity index (χ4n) is 2.83. The lowest BCUT2D eigenvalue weighted by Crippen LogP contribution is -2.42. The number of halogens is 1. The summed E-state index contributed by atoms with van der Waals surface area (Å²) in [5.74, 6) is -0.234. The van der Waals surface area contributed by atoms with Gasteiger partial charge in [-0.25, -0.2) is 8.42 Å². The lowest BCUT2D eigenvalue weighted by atomic mass is 10.2. The van der Waals surface area contributed by atoms with E-state index < -0.39 is 15.9 Å². The average molecular weight is 417 g/mol. The first-order chi connectivity index (χ1) is 13.4.